The molecule has 0 spiro atoms. The average molecular weight is 344 g/mol. The van der Waals surface area contributed by atoms with E-state index in [1.165, 1.54) is 12.0 Å². The number of carbonyl (C=O) groups excluding carboxylic acids is 1. The van der Waals surface area contributed by atoms with Gasteiger partial charge in [-0.25, -0.2) is 9.78 Å². The number of carbonyl (C=O) groups is 2. The van der Waals surface area contributed by atoms with Crippen molar-refractivity contribution in [1.29, 1.82) is 0 Å². The van der Waals surface area contributed by atoms with Crippen molar-refractivity contribution in [1.82, 2.24) is 14.9 Å². The topological polar surface area (TPSA) is 105 Å². The molecule has 0 aromatic carbocycles. The molecule has 2 N–H and O–H groups in total. The molecule has 3 rings (SSSR count). The number of pyridine rings is 2. The fraction of sp³-hybridized carbons (Fsp3) is 0.412. The zero-order chi connectivity index (χ0) is 18.0. The largest absolute Gasteiger partial charge is 0.481 e. The second-order valence-corrected chi connectivity index (χ2v) is 6.36. The van der Waals surface area contributed by atoms with Crippen molar-refractivity contribution in [2.75, 3.05) is 25.5 Å². The van der Waals surface area contributed by atoms with E-state index in [4.69, 9.17) is 9.84 Å². The lowest BCUT2D eigenvalue weighted by molar-refractivity contribution is -0.127. The van der Waals surface area contributed by atoms with Crippen LogP contribution in [0.25, 0.3) is 11.0 Å². The summed E-state index contributed by atoms with van der Waals surface area (Å²) in [5, 5.41) is 12.0. The highest BCUT2D eigenvalue weighted by Gasteiger charge is 2.38. The van der Waals surface area contributed by atoms with Gasteiger partial charge in [0.15, 0.2) is 0 Å². The molecule has 0 radical (unpaired) electrons. The van der Waals surface area contributed by atoms with E-state index in [2.05, 4.69) is 15.3 Å². The third-order valence-electron chi connectivity index (χ3n) is 4.70. The van der Waals surface area contributed by atoms with Crippen LogP contribution in [0, 0.1) is 5.41 Å². The first kappa shape index (κ1) is 16.9. The molecule has 2 amide bonds. The number of nitrogens with zero attached hydrogens (tertiary/aromatic N) is 3. The number of amides is 2. The van der Waals surface area contributed by atoms with Gasteiger partial charge in [0.25, 0.3) is 0 Å². The molecule has 3 heterocycles. The van der Waals surface area contributed by atoms with Crippen LogP contribution in [0.2, 0.25) is 0 Å². The Balaban J connectivity index is 1.81. The molecular formula is C17H20N4O4. The molecule has 1 aliphatic heterocycles. The first-order chi connectivity index (χ1) is 11.9. The van der Waals surface area contributed by atoms with Gasteiger partial charge in [-0.05, 0) is 25.0 Å². The van der Waals surface area contributed by atoms with Crippen LogP contribution in [-0.2, 0) is 4.79 Å². The van der Waals surface area contributed by atoms with Crippen molar-refractivity contribution in [3.63, 3.8) is 0 Å². The van der Waals surface area contributed by atoms with Crippen LogP contribution in [0.3, 0.4) is 0 Å². The van der Waals surface area contributed by atoms with Gasteiger partial charge in [0.2, 0.25) is 11.8 Å². The Hall–Kier alpha value is -2.90. The molecule has 0 unspecified atom stereocenters. The fourth-order valence-electron chi connectivity index (χ4n) is 2.91. The van der Waals surface area contributed by atoms with Crippen molar-refractivity contribution in [3.8, 4) is 5.88 Å². The number of piperidine rings is 1. The van der Waals surface area contributed by atoms with Crippen molar-refractivity contribution in [2.45, 2.75) is 19.8 Å². The van der Waals surface area contributed by atoms with Crippen molar-refractivity contribution < 1.29 is 19.4 Å². The van der Waals surface area contributed by atoms with E-state index >= 15 is 0 Å². The summed E-state index contributed by atoms with van der Waals surface area (Å²) < 4.78 is 5.14. The summed E-state index contributed by atoms with van der Waals surface area (Å²) in [5.41, 5.74) is 1.16. The molecule has 8 heteroatoms. The van der Waals surface area contributed by atoms with Gasteiger partial charge < -0.3 is 20.1 Å². The molecule has 0 bridgehead atoms. The van der Waals surface area contributed by atoms with Gasteiger partial charge in [0.1, 0.15) is 5.52 Å². The van der Waals surface area contributed by atoms with Crippen LogP contribution >= 0.6 is 0 Å². The van der Waals surface area contributed by atoms with Crippen LogP contribution in [-0.4, -0.2) is 52.2 Å². The molecule has 25 heavy (non-hydrogen) atoms. The highest BCUT2D eigenvalue weighted by atomic mass is 16.5. The highest BCUT2D eigenvalue weighted by molar-refractivity contribution is 6.01. The molecule has 1 fully saturated rings. The summed E-state index contributed by atoms with van der Waals surface area (Å²) in [4.78, 5) is 33.8. The van der Waals surface area contributed by atoms with Crippen molar-refractivity contribution in [2.24, 2.45) is 5.41 Å². The molecule has 0 atom stereocenters. The summed E-state index contributed by atoms with van der Waals surface area (Å²) in [6.07, 6.45) is 1.62. The smallest absolute Gasteiger partial charge is 0.407 e. The second kappa shape index (κ2) is 6.54. The summed E-state index contributed by atoms with van der Waals surface area (Å²) >= 11 is 0. The number of carboxylic acid groups (broad SMARTS) is 1. The van der Waals surface area contributed by atoms with Gasteiger partial charge in [-0.3, -0.25) is 9.78 Å². The zero-order valence-corrected chi connectivity index (χ0v) is 14.2. The van der Waals surface area contributed by atoms with Crippen LogP contribution in [0.5, 0.6) is 5.88 Å². The maximum Gasteiger partial charge on any atom is 0.407 e. The molecule has 0 aliphatic carbocycles. The lowest BCUT2D eigenvalue weighted by Gasteiger charge is -2.36. The number of fused-ring (bicyclic) bond motifs is 1. The van der Waals surface area contributed by atoms with E-state index < -0.39 is 11.5 Å². The number of hydrogen-bond acceptors (Lipinski definition) is 5. The summed E-state index contributed by atoms with van der Waals surface area (Å²) in [6, 6.07) is 5.19. The molecule has 2 aromatic rings. The van der Waals surface area contributed by atoms with Gasteiger partial charge >= 0.3 is 6.09 Å². The molecule has 132 valence electrons. The normalized spacial score (nSPS) is 16.5. The lowest BCUT2D eigenvalue weighted by atomic mass is 9.79. The van der Waals surface area contributed by atoms with E-state index in [0.717, 1.165) is 0 Å². The number of methoxy groups -OCH3 is 1. The van der Waals surface area contributed by atoms with Gasteiger partial charge in [-0.15, -0.1) is 0 Å². The van der Waals surface area contributed by atoms with E-state index in [9.17, 15) is 9.59 Å². The van der Waals surface area contributed by atoms with Crippen LogP contribution < -0.4 is 10.1 Å². The molecule has 8 nitrogen and oxygen atoms in total. The third kappa shape index (κ3) is 3.33. The predicted molar refractivity (Wildman–Crippen MR) is 91.7 cm³/mol. The van der Waals surface area contributed by atoms with E-state index in [0.29, 0.717) is 48.5 Å². The Bertz CT molecular complexity index is 815. The first-order valence-corrected chi connectivity index (χ1v) is 8.02. The SMILES string of the molecule is COc1ccc2nccc(NC(=O)C3(C)CCN(C(=O)O)CC3)c2n1. The maximum atomic E-state index is 12.8. The average Bonchev–Trinajstić information content (AvgIpc) is 2.62. The van der Waals surface area contributed by atoms with Gasteiger partial charge in [0, 0.05) is 25.4 Å². The van der Waals surface area contributed by atoms with Crippen molar-refractivity contribution in [3.05, 3.63) is 24.4 Å². The molecule has 0 saturated carbocycles. The minimum atomic E-state index is -0.945. The number of likely N-dealkylation sites (tertiary alicyclic amines) is 1. The van der Waals surface area contributed by atoms with Crippen LogP contribution in [0.4, 0.5) is 10.5 Å². The van der Waals surface area contributed by atoms with Crippen LogP contribution in [0.15, 0.2) is 24.4 Å². The zero-order valence-electron chi connectivity index (χ0n) is 14.2. The Morgan fingerprint density at radius 2 is 2.00 bits per heavy atom. The number of rotatable bonds is 3. The maximum absolute atomic E-state index is 12.8. The summed E-state index contributed by atoms with van der Waals surface area (Å²) in [7, 11) is 1.53. The first-order valence-electron chi connectivity index (χ1n) is 8.02. The monoisotopic (exact) mass is 344 g/mol. The molecule has 1 saturated heterocycles. The quantitative estimate of drug-likeness (QED) is 0.885. The highest BCUT2D eigenvalue weighted by Crippen LogP contribution is 2.33. The lowest BCUT2D eigenvalue weighted by Crippen LogP contribution is -2.46. The number of aromatic nitrogens is 2. The van der Waals surface area contributed by atoms with E-state index in [-0.39, 0.29) is 5.91 Å². The fourth-order valence-corrected chi connectivity index (χ4v) is 2.91. The standard InChI is InChI=1S/C17H20N4O4/c1-17(6-9-21(10-7-17)16(23)24)15(22)19-12-5-8-18-11-3-4-13(25-2)20-14(11)12/h3-5,8H,6-7,9-10H2,1-2H3,(H,23,24)(H,18,19,22). The Morgan fingerprint density at radius 3 is 2.64 bits per heavy atom. The van der Waals surface area contributed by atoms with E-state index in [1.807, 2.05) is 6.92 Å². The number of nitrogens with one attached hydrogen (secondary N) is 1. The third-order valence-corrected chi connectivity index (χ3v) is 4.70. The molecule has 2 aromatic heterocycles. The Labute approximate surface area is 144 Å². The van der Waals surface area contributed by atoms with Gasteiger partial charge in [-0.1, -0.05) is 6.92 Å². The minimum Gasteiger partial charge on any atom is -0.481 e. The van der Waals surface area contributed by atoms with E-state index in [1.54, 1.807) is 24.4 Å². The summed E-state index contributed by atoms with van der Waals surface area (Å²) in [6.45, 7) is 2.56. The number of anilines is 1. The van der Waals surface area contributed by atoms with Gasteiger partial charge in [0.05, 0.1) is 23.7 Å². The Morgan fingerprint density at radius 1 is 1.28 bits per heavy atom. The molecule has 1 aliphatic rings. The number of ether oxygens (including phenoxy) is 1. The number of hydrogen-bond donors (Lipinski definition) is 2. The Kier molecular flexibility index (Phi) is 4.43. The minimum absolute atomic E-state index is 0.144. The predicted octanol–water partition coefficient (Wildman–Crippen LogP) is 2.36. The second-order valence-electron chi connectivity index (χ2n) is 6.36. The molecular weight excluding hydrogens is 324 g/mol. The summed E-state index contributed by atoms with van der Waals surface area (Å²) in [5.74, 6) is 0.298. The van der Waals surface area contributed by atoms with Gasteiger partial charge in [-0.2, -0.15) is 0 Å². The van der Waals surface area contributed by atoms with Crippen molar-refractivity contribution >= 4 is 28.7 Å². The van der Waals surface area contributed by atoms with Crippen LogP contribution in [0.1, 0.15) is 19.8 Å².